The van der Waals surface area contributed by atoms with E-state index in [4.69, 9.17) is 4.74 Å². The van der Waals surface area contributed by atoms with E-state index in [0.29, 0.717) is 43.2 Å². The van der Waals surface area contributed by atoms with Crippen LogP contribution in [0.4, 0.5) is 11.4 Å². The molecule has 1 aliphatic rings. The second-order valence-corrected chi connectivity index (χ2v) is 12.6. The number of rotatable bonds is 8. The molecule has 1 amide bonds. The predicted octanol–water partition coefficient (Wildman–Crippen LogP) is 3.23. The van der Waals surface area contributed by atoms with Crippen molar-refractivity contribution < 1.29 is 26.4 Å². The lowest BCUT2D eigenvalue weighted by molar-refractivity contribution is 0.0730. The molecule has 0 radical (unpaired) electrons. The minimum absolute atomic E-state index is 0.145. The van der Waals surface area contributed by atoms with E-state index in [0.717, 1.165) is 17.4 Å². The van der Waals surface area contributed by atoms with Crippen LogP contribution in [0.1, 0.15) is 21.5 Å². The van der Waals surface area contributed by atoms with Gasteiger partial charge in [-0.2, -0.15) is 4.31 Å². The Hall–Kier alpha value is -3.25. The van der Waals surface area contributed by atoms with Gasteiger partial charge in [-0.3, -0.25) is 9.10 Å². The molecule has 3 aromatic rings. The van der Waals surface area contributed by atoms with Crippen molar-refractivity contribution in [1.82, 2.24) is 4.31 Å². The SMILES string of the molecule is Cc1ccc(CN(c2ccc(C(=O)Nc3ccc(S(=O)(=O)N4CCOCC4)cc3)cc2)S(C)(=O)=O)cc1. The van der Waals surface area contributed by atoms with Crippen molar-refractivity contribution in [2.75, 3.05) is 42.2 Å². The van der Waals surface area contributed by atoms with Gasteiger partial charge >= 0.3 is 0 Å². The van der Waals surface area contributed by atoms with E-state index in [1.165, 1.54) is 32.9 Å². The van der Waals surface area contributed by atoms with Crippen molar-refractivity contribution >= 4 is 37.3 Å². The van der Waals surface area contributed by atoms with Gasteiger partial charge in [0.2, 0.25) is 20.0 Å². The third-order valence-electron chi connectivity index (χ3n) is 5.98. The Balaban J connectivity index is 1.45. The molecule has 1 aliphatic heterocycles. The first kappa shape index (κ1) is 26.8. The molecule has 196 valence electrons. The van der Waals surface area contributed by atoms with Gasteiger partial charge in [0, 0.05) is 24.3 Å². The summed E-state index contributed by atoms with van der Waals surface area (Å²) in [5, 5.41) is 2.74. The zero-order valence-electron chi connectivity index (χ0n) is 20.6. The van der Waals surface area contributed by atoms with E-state index in [-0.39, 0.29) is 11.4 Å². The third kappa shape index (κ3) is 6.55. The van der Waals surface area contributed by atoms with Crippen LogP contribution in [0, 0.1) is 6.92 Å². The lowest BCUT2D eigenvalue weighted by Gasteiger charge is -2.26. The third-order valence-corrected chi connectivity index (χ3v) is 9.04. The molecule has 1 fully saturated rings. The van der Waals surface area contributed by atoms with Gasteiger partial charge < -0.3 is 10.1 Å². The van der Waals surface area contributed by atoms with Gasteiger partial charge in [0.05, 0.1) is 36.6 Å². The Kier molecular flexibility index (Phi) is 7.98. The molecular formula is C26H29N3O6S2. The molecule has 0 unspecified atom stereocenters. The van der Waals surface area contributed by atoms with Crippen LogP contribution >= 0.6 is 0 Å². The number of sulfonamides is 2. The van der Waals surface area contributed by atoms with Crippen molar-refractivity contribution in [2.45, 2.75) is 18.4 Å². The van der Waals surface area contributed by atoms with Crippen molar-refractivity contribution in [3.63, 3.8) is 0 Å². The fourth-order valence-electron chi connectivity index (χ4n) is 3.89. The normalized spacial score (nSPS) is 14.8. The molecule has 4 rings (SSSR count). The number of amides is 1. The summed E-state index contributed by atoms with van der Waals surface area (Å²) in [7, 11) is -7.18. The quantitative estimate of drug-likeness (QED) is 0.467. The highest BCUT2D eigenvalue weighted by molar-refractivity contribution is 7.92. The maximum atomic E-state index is 12.8. The first-order chi connectivity index (χ1) is 17.5. The van der Waals surface area contributed by atoms with Crippen LogP contribution < -0.4 is 9.62 Å². The lowest BCUT2D eigenvalue weighted by atomic mass is 10.1. The van der Waals surface area contributed by atoms with Crippen LogP contribution in [-0.4, -0.2) is 59.6 Å². The predicted molar refractivity (Wildman–Crippen MR) is 143 cm³/mol. The van der Waals surface area contributed by atoms with Crippen molar-refractivity contribution in [1.29, 1.82) is 0 Å². The number of ether oxygens (including phenoxy) is 1. The molecule has 1 saturated heterocycles. The monoisotopic (exact) mass is 543 g/mol. The summed E-state index contributed by atoms with van der Waals surface area (Å²) in [4.78, 5) is 12.9. The van der Waals surface area contributed by atoms with Crippen LogP contribution in [0.3, 0.4) is 0 Å². The van der Waals surface area contributed by atoms with E-state index in [2.05, 4.69) is 5.32 Å². The summed E-state index contributed by atoms with van der Waals surface area (Å²) >= 11 is 0. The van der Waals surface area contributed by atoms with Crippen molar-refractivity contribution in [2.24, 2.45) is 0 Å². The van der Waals surface area contributed by atoms with Crippen LogP contribution in [-0.2, 0) is 31.3 Å². The van der Waals surface area contributed by atoms with E-state index >= 15 is 0 Å². The number of carbonyl (C=O) groups is 1. The lowest BCUT2D eigenvalue weighted by Crippen LogP contribution is -2.40. The molecule has 37 heavy (non-hydrogen) atoms. The first-order valence-electron chi connectivity index (χ1n) is 11.7. The number of benzene rings is 3. The highest BCUT2D eigenvalue weighted by Crippen LogP contribution is 2.23. The largest absolute Gasteiger partial charge is 0.379 e. The molecule has 9 nitrogen and oxygen atoms in total. The minimum Gasteiger partial charge on any atom is -0.379 e. The van der Waals surface area contributed by atoms with Crippen LogP contribution in [0.15, 0.2) is 77.7 Å². The summed E-state index contributed by atoms with van der Waals surface area (Å²) in [5.41, 5.74) is 3.14. The molecule has 1 N–H and O–H groups in total. The summed E-state index contributed by atoms with van der Waals surface area (Å²) in [6.07, 6.45) is 1.14. The molecule has 0 spiro atoms. The maximum absolute atomic E-state index is 12.8. The van der Waals surface area contributed by atoms with Gasteiger partial charge in [-0.15, -0.1) is 0 Å². The molecular weight excluding hydrogens is 514 g/mol. The van der Waals surface area contributed by atoms with E-state index in [9.17, 15) is 21.6 Å². The second-order valence-electron chi connectivity index (χ2n) is 8.80. The van der Waals surface area contributed by atoms with Crippen molar-refractivity contribution in [3.05, 3.63) is 89.5 Å². The number of hydrogen-bond donors (Lipinski definition) is 1. The smallest absolute Gasteiger partial charge is 0.255 e. The second kappa shape index (κ2) is 11.0. The molecule has 1 heterocycles. The van der Waals surface area contributed by atoms with Crippen molar-refractivity contribution in [3.8, 4) is 0 Å². The average molecular weight is 544 g/mol. The first-order valence-corrected chi connectivity index (χ1v) is 15.0. The summed E-state index contributed by atoms with van der Waals surface area (Å²) < 4.78 is 58.3. The van der Waals surface area contributed by atoms with Gasteiger partial charge in [0.15, 0.2) is 0 Å². The minimum atomic E-state index is -3.62. The van der Waals surface area contributed by atoms with Gasteiger partial charge in [0.25, 0.3) is 5.91 Å². The highest BCUT2D eigenvalue weighted by Gasteiger charge is 2.26. The molecule has 11 heteroatoms. The van der Waals surface area contributed by atoms with Gasteiger partial charge in [-0.1, -0.05) is 29.8 Å². The zero-order valence-corrected chi connectivity index (χ0v) is 22.3. The molecule has 3 aromatic carbocycles. The Labute approximate surface area is 217 Å². The fraction of sp³-hybridized carbons (Fsp3) is 0.269. The Bertz CT molecular complexity index is 1450. The molecule has 0 aromatic heterocycles. The number of nitrogens with zero attached hydrogens (tertiary/aromatic N) is 2. The Morgan fingerprint density at radius 1 is 0.892 bits per heavy atom. The Morgan fingerprint density at radius 2 is 1.49 bits per heavy atom. The fourth-order valence-corrected chi connectivity index (χ4v) is 6.18. The topological polar surface area (TPSA) is 113 Å². The van der Waals surface area contributed by atoms with Crippen LogP contribution in [0.5, 0.6) is 0 Å². The summed E-state index contributed by atoms with van der Waals surface area (Å²) in [6.45, 7) is 3.46. The van der Waals surface area contributed by atoms with Crippen LogP contribution in [0.25, 0.3) is 0 Å². The van der Waals surface area contributed by atoms with E-state index in [1.807, 2.05) is 31.2 Å². The maximum Gasteiger partial charge on any atom is 0.255 e. The van der Waals surface area contributed by atoms with E-state index in [1.54, 1.807) is 24.3 Å². The van der Waals surface area contributed by atoms with Gasteiger partial charge in [-0.05, 0) is 61.0 Å². The molecule has 0 aliphatic carbocycles. The number of aryl methyl sites for hydroxylation is 1. The average Bonchev–Trinajstić information content (AvgIpc) is 2.88. The van der Waals surface area contributed by atoms with Gasteiger partial charge in [-0.25, -0.2) is 16.8 Å². The summed E-state index contributed by atoms with van der Waals surface area (Å²) in [5.74, 6) is -0.403. The standard InChI is InChI=1S/C26H29N3O6S2/c1-20-3-5-21(6-4-20)19-29(36(2,31)32)24-11-7-22(8-12-24)26(30)27-23-9-13-25(14-10-23)37(33,34)28-15-17-35-18-16-28/h3-14H,15-19H2,1-2H3,(H,27,30). The van der Waals surface area contributed by atoms with Gasteiger partial charge in [0.1, 0.15) is 0 Å². The molecule has 0 atom stereocenters. The number of nitrogens with one attached hydrogen (secondary N) is 1. The van der Waals surface area contributed by atoms with Crippen LogP contribution in [0.2, 0.25) is 0 Å². The number of anilines is 2. The van der Waals surface area contributed by atoms with E-state index < -0.39 is 26.0 Å². The molecule has 0 saturated carbocycles. The molecule has 0 bridgehead atoms. The Morgan fingerprint density at radius 3 is 2.05 bits per heavy atom. The number of carbonyl (C=O) groups excluding carboxylic acids is 1. The highest BCUT2D eigenvalue weighted by atomic mass is 32.2. The summed E-state index contributed by atoms with van der Waals surface area (Å²) in [6, 6.07) is 19.9. The zero-order chi connectivity index (χ0) is 26.6. The number of hydrogen-bond acceptors (Lipinski definition) is 6. The number of morpholine rings is 1.